The number of rotatable bonds is 5. The minimum atomic E-state index is 0.412. The Bertz CT molecular complexity index is 352. The molecule has 0 saturated heterocycles. The molecule has 16 heavy (non-hydrogen) atoms. The first-order valence-electron chi connectivity index (χ1n) is 5.95. The zero-order valence-corrected chi connectivity index (χ0v) is 10.6. The lowest BCUT2D eigenvalue weighted by Crippen LogP contribution is -2.16. The van der Waals surface area contributed by atoms with Crippen molar-refractivity contribution in [1.29, 1.82) is 0 Å². The van der Waals surface area contributed by atoms with E-state index in [-0.39, 0.29) is 0 Å². The van der Waals surface area contributed by atoms with Crippen molar-refractivity contribution in [1.82, 2.24) is 0 Å². The highest BCUT2D eigenvalue weighted by molar-refractivity contribution is 8.00. The number of ketones is 1. The smallest absolute Gasteiger partial charge is 0.143 e. The van der Waals surface area contributed by atoms with Gasteiger partial charge in [0.1, 0.15) is 5.78 Å². The second kappa shape index (κ2) is 5.53. The Morgan fingerprint density at radius 1 is 1.31 bits per heavy atom. The van der Waals surface area contributed by atoms with Gasteiger partial charge in [0.15, 0.2) is 0 Å². The first kappa shape index (κ1) is 11.7. The van der Waals surface area contributed by atoms with Gasteiger partial charge in [-0.3, -0.25) is 4.79 Å². The molecule has 2 rings (SSSR count). The first-order chi connectivity index (χ1) is 7.74. The van der Waals surface area contributed by atoms with Crippen LogP contribution < -0.4 is 0 Å². The molecule has 1 aliphatic carbocycles. The number of carbonyl (C=O) groups excluding carboxylic acids is 1. The lowest BCUT2D eigenvalue weighted by atomic mass is 9.82. The van der Waals surface area contributed by atoms with Crippen LogP contribution in [0.5, 0.6) is 0 Å². The van der Waals surface area contributed by atoms with Gasteiger partial charge in [-0.1, -0.05) is 37.0 Å². The zero-order valence-electron chi connectivity index (χ0n) is 9.74. The molecule has 1 aromatic rings. The van der Waals surface area contributed by atoms with Crippen LogP contribution in [0.15, 0.2) is 29.2 Å². The van der Waals surface area contributed by atoms with Crippen LogP contribution >= 0.6 is 11.8 Å². The third-order valence-electron chi connectivity index (χ3n) is 3.16. The van der Waals surface area contributed by atoms with Crippen LogP contribution in [0.25, 0.3) is 0 Å². The maximum Gasteiger partial charge on any atom is 0.143 e. The zero-order chi connectivity index (χ0) is 11.4. The van der Waals surface area contributed by atoms with Crippen molar-refractivity contribution in [2.75, 3.05) is 5.75 Å². The highest BCUT2D eigenvalue weighted by Gasteiger charge is 2.20. The predicted molar refractivity (Wildman–Crippen MR) is 68.9 cm³/mol. The monoisotopic (exact) mass is 234 g/mol. The van der Waals surface area contributed by atoms with Gasteiger partial charge in [0.25, 0.3) is 0 Å². The van der Waals surface area contributed by atoms with Crippen LogP contribution in [0.3, 0.4) is 0 Å². The van der Waals surface area contributed by atoms with Crippen molar-refractivity contribution >= 4 is 17.5 Å². The van der Waals surface area contributed by atoms with Gasteiger partial charge in [0.2, 0.25) is 0 Å². The summed E-state index contributed by atoms with van der Waals surface area (Å²) in [4.78, 5) is 12.9. The van der Waals surface area contributed by atoms with E-state index in [1.807, 2.05) is 0 Å². The van der Waals surface area contributed by atoms with Gasteiger partial charge in [-0.15, -0.1) is 11.8 Å². The molecule has 1 nitrogen and oxygen atoms in total. The van der Waals surface area contributed by atoms with Crippen LogP contribution in [0, 0.1) is 12.8 Å². The van der Waals surface area contributed by atoms with E-state index in [4.69, 9.17) is 0 Å². The lowest BCUT2D eigenvalue weighted by molar-refractivity contribution is -0.118. The Balaban J connectivity index is 1.73. The molecule has 0 bridgehead atoms. The molecule has 1 fully saturated rings. The van der Waals surface area contributed by atoms with Crippen molar-refractivity contribution in [3.05, 3.63) is 29.8 Å². The number of benzene rings is 1. The van der Waals surface area contributed by atoms with Crippen LogP contribution in [-0.2, 0) is 4.79 Å². The lowest BCUT2D eigenvalue weighted by Gasteiger charge is -2.24. The van der Waals surface area contributed by atoms with Gasteiger partial charge in [-0.2, -0.15) is 0 Å². The molecule has 86 valence electrons. The van der Waals surface area contributed by atoms with Crippen molar-refractivity contribution in [2.24, 2.45) is 5.92 Å². The summed E-state index contributed by atoms with van der Waals surface area (Å²) in [7, 11) is 0. The third kappa shape index (κ3) is 3.38. The van der Waals surface area contributed by atoms with Crippen LogP contribution in [-0.4, -0.2) is 11.5 Å². The number of hydrogen-bond acceptors (Lipinski definition) is 2. The maximum absolute atomic E-state index is 11.7. The molecule has 1 aliphatic rings. The van der Waals surface area contributed by atoms with Crippen molar-refractivity contribution in [3.8, 4) is 0 Å². The van der Waals surface area contributed by atoms with Gasteiger partial charge >= 0.3 is 0 Å². The fraction of sp³-hybridized carbons (Fsp3) is 0.500. The quantitative estimate of drug-likeness (QED) is 0.720. The second-order valence-corrected chi connectivity index (χ2v) is 5.69. The van der Waals surface area contributed by atoms with Gasteiger partial charge in [-0.05, 0) is 25.0 Å². The fourth-order valence-corrected chi connectivity index (χ4v) is 2.65. The van der Waals surface area contributed by atoms with Gasteiger partial charge in [-0.25, -0.2) is 0 Å². The van der Waals surface area contributed by atoms with E-state index in [1.54, 1.807) is 11.8 Å². The fourth-order valence-electron chi connectivity index (χ4n) is 1.88. The Labute approximate surface area is 102 Å². The summed E-state index contributed by atoms with van der Waals surface area (Å²) in [6, 6.07) is 8.38. The highest BCUT2D eigenvalue weighted by Crippen LogP contribution is 2.30. The summed E-state index contributed by atoms with van der Waals surface area (Å²) in [6.07, 6.45) is 4.66. The number of hydrogen-bond donors (Lipinski definition) is 0. The molecule has 0 amide bonds. The second-order valence-electron chi connectivity index (χ2n) is 4.64. The van der Waals surface area contributed by atoms with Gasteiger partial charge in [0.05, 0.1) is 5.75 Å². The molecule has 2 heteroatoms. The van der Waals surface area contributed by atoms with Crippen LogP contribution in [0.2, 0.25) is 0 Å². The predicted octanol–water partition coefficient (Wildman–Crippen LogP) is 3.85. The van der Waals surface area contributed by atoms with E-state index in [9.17, 15) is 4.79 Å². The average molecular weight is 234 g/mol. The van der Waals surface area contributed by atoms with E-state index in [0.717, 1.165) is 6.42 Å². The highest BCUT2D eigenvalue weighted by atomic mass is 32.2. The van der Waals surface area contributed by atoms with E-state index >= 15 is 0 Å². The molecule has 0 heterocycles. The summed E-state index contributed by atoms with van der Waals surface area (Å²) in [5.41, 5.74) is 1.27. The topological polar surface area (TPSA) is 17.1 Å². The largest absolute Gasteiger partial charge is 0.299 e. The minimum Gasteiger partial charge on any atom is -0.299 e. The number of aryl methyl sites for hydroxylation is 1. The van der Waals surface area contributed by atoms with Gasteiger partial charge < -0.3 is 0 Å². The standard InChI is InChI=1S/C14H18OS/c1-11-5-7-14(8-6-11)16-10-13(15)9-12-3-2-4-12/h5-8,12H,2-4,9-10H2,1H3. The Morgan fingerprint density at radius 3 is 2.56 bits per heavy atom. The number of Topliss-reactive ketones (excluding diaryl/α,β-unsaturated/α-hetero) is 1. The van der Waals surface area contributed by atoms with Gasteiger partial charge in [0, 0.05) is 11.3 Å². The van der Waals surface area contributed by atoms with Crippen molar-refractivity contribution < 1.29 is 4.79 Å². The van der Waals surface area contributed by atoms with E-state index < -0.39 is 0 Å². The molecule has 0 N–H and O–H groups in total. The maximum atomic E-state index is 11.7. The molecule has 1 aromatic carbocycles. The summed E-state index contributed by atoms with van der Waals surface area (Å²) in [5.74, 6) is 1.75. The third-order valence-corrected chi connectivity index (χ3v) is 4.23. The van der Waals surface area contributed by atoms with E-state index in [0.29, 0.717) is 17.5 Å². The number of carbonyl (C=O) groups is 1. The minimum absolute atomic E-state index is 0.412. The molecule has 0 atom stereocenters. The average Bonchev–Trinajstić information content (AvgIpc) is 2.23. The molecule has 1 saturated carbocycles. The summed E-state index contributed by atoms with van der Waals surface area (Å²) in [5, 5.41) is 0. The molecule has 0 unspecified atom stereocenters. The molecular weight excluding hydrogens is 216 g/mol. The van der Waals surface area contributed by atoms with Crippen molar-refractivity contribution in [3.63, 3.8) is 0 Å². The Morgan fingerprint density at radius 2 is 2.00 bits per heavy atom. The molecule has 0 aliphatic heterocycles. The van der Waals surface area contributed by atoms with Crippen LogP contribution in [0.1, 0.15) is 31.2 Å². The van der Waals surface area contributed by atoms with E-state index in [1.165, 1.54) is 29.7 Å². The molecule has 0 spiro atoms. The first-order valence-corrected chi connectivity index (χ1v) is 6.94. The van der Waals surface area contributed by atoms with E-state index in [2.05, 4.69) is 31.2 Å². The number of thioether (sulfide) groups is 1. The Kier molecular flexibility index (Phi) is 4.05. The normalized spacial score (nSPS) is 15.8. The molecular formula is C14H18OS. The molecule has 0 aromatic heterocycles. The van der Waals surface area contributed by atoms with Crippen molar-refractivity contribution in [2.45, 2.75) is 37.5 Å². The summed E-state index contributed by atoms with van der Waals surface area (Å²) in [6.45, 7) is 2.08. The SMILES string of the molecule is Cc1ccc(SCC(=O)CC2CCC2)cc1. The summed E-state index contributed by atoms with van der Waals surface area (Å²) >= 11 is 1.66. The summed E-state index contributed by atoms with van der Waals surface area (Å²) < 4.78 is 0. The molecule has 0 radical (unpaired) electrons. The Hall–Kier alpha value is -0.760. The van der Waals surface area contributed by atoms with Crippen LogP contribution in [0.4, 0.5) is 0 Å².